The Bertz CT molecular complexity index is 912. The van der Waals surface area contributed by atoms with Gasteiger partial charge >= 0.3 is 0 Å². The quantitative estimate of drug-likeness (QED) is 0.414. The lowest BCUT2D eigenvalue weighted by atomic mass is 10.2. The SMILES string of the molecule is CCS(=O)(=O)c1ccccc1C(=O)NCCNc1ccccc1[N+](=O)[O-]. The lowest BCUT2D eigenvalue weighted by molar-refractivity contribution is -0.384. The molecule has 8 nitrogen and oxygen atoms in total. The minimum absolute atomic E-state index is 0.00773. The van der Waals surface area contributed by atoms with Crippen molar-refractivity contribution in [2.75, 3.05) is 24.2 Å². The third kappa shape index (κ3) is 4.57. The van der Waals surface area contributed by atoms with Crippen LogP contribution in [0, 0.1) is 10.1 Å². The van der Waals surface area contributed by atoms with Crippen LogP contribution in [0.1, 0.15) is 17.3 Å². The molecule has 0 radical (unpaired) electrons. The van der Waals surface area contributed by atoms with Gasteiger partial charge in [0, 0.05) is 19.2 Å². The number of sulfone groups is 1. The van der Waals surface area contributed by atoms with Gasteiger partial charge in [-0.1, -0.05) is 31.2 Å². The van der Waals surface area contributed by atoms with Crippen LogP contribution in [0.25, 0.3) is 0 Å². The normalized spacial score (nSPS) is 11.0. The first-order chi connectivity index (χ1) is 12.4. The molecule has 0 bridgehead atoms. The van der Waals surface area contributed by atoms with Gasteiger partial charge in [0.05, 0.1) is 21.1 Å². The number of hydrogen-bond donors (Lipinski definition) is 2. The van der Waals surface area contributed by atoms with Crippen LogP contribution < -0.4 is 10.6 Å². The van der Waals surface area contributed by atoms with Crippen LogP contribution in [0.2, 0.25) is 0 Å². The van der Waals surface area contributed by atoms with Crippen molar-refractivity contribution >= 4 is 27.1 Å². The number of nitro benzene ring substituents is 1. The molecule has 0 aliphatic heterocycles. The Morgan fingerprint density at radius 2 is 1.73 bits per heavy atom. The number of carbonyl (C=O) groups excluding carboxylic acids is 1. The summed E-state index contributed by atoms with van der Waals surface area (Å²) in [4.78, 5) is 22.7. The molecule has 0 saturated heterocycles. The van der Waals surface area contributed by atoms with Crippen LogP contribution in [-0.2, 0) is 9.84 Å². The minimum atomic E-state index is -3.51. The summed E-state index contributed by atoms with van der Waals surface area (Å²) >= 11 is 0. The average Bonchev–Trinajstić information content (AvgIpc) is 2.65. The topological polar surface area (TPSA) is 118 Å². The summed E-state index contributed by atoms with van der Waals surface area (Å²) in [5.74, 6) is -0.613. The maximum Gasteiger partial charge on any atom is 0.292 e. The Hall–Kier alpha value is -2.94. The fourth-order valence-corrected chi connectivity index (χ4v) is 3.42. The lowest BCUT2D eigenvalue weighted by Gasteiger charge is -2.11. The van der Waals surface area contributed by atoms with Gasteiger partial charge in [-0.3, -0.25) is 14.9 Å². The molecule has 0 spiro atoms. The lowest BCUT2D eigenvalue weighted by Crippen LogP contribution is -2.30. The van der Waals surface area contributed by atoms with E-state index in [2.05, 4.69) is 10.6 Å². The molecule has 9 heteroatoms. The number of benzene rings is 2. The largest absolute Gasteiger partial charge is 0.378 e. The molecule has 0 aromatic heterocycles. The van der Waals surface area contributed by atoms with Crippen molar-refractivity contribution in [1.29, 1.82) is 0 Å². The minimum Gasteiger partial charge on any atom is -0.378 e. The van der Waals surface area contributed by atoms with E-state index in [0.717, 1.165) is 0 Å². The number of nitrogens with one attached hydrogen (secondary N) is 2. The molecule has 0 aliphatic carbocycles. The second kappa shape index (κ2) is 8.43. The maximum absolute atomic E-state index is 12.3. The van der Waals surface area contributed by atoms with Gasteiger partial charge in [-0.05, 0) is 18.2 Å². The average molecular weight is 377 g/mol. The molecule has 2 aromatic carbocycles. The van der Waals surface area contributed by atoms with E-state index < -0.39 is 20.7 Å². The van der Waals surface area contributed by atoms with E-state index in [-0.39, 0.29) is 35.0 Å². The summed E-state index contributed by atoms with van der Waals surface area (Å²) in [7, 11) is -3.51. The van der Waals surface area contributed by atoms with Gasteiger partial charge in [0.2, 0.25) is 0 Å². The molecular weight excluding hydrogens is 358 g/mol. The second-order valence-corrected chi connectivity index (χ2v) is 7.60. The Morgan fingerprint density at radius 3 is 2.42 bits per heavy atom. The van der Waals surface area contributed by atoms with Crippen LogP contribution in [0.4, 0.5) is 11.4 Å². The van der Waals surface area contributed by atoms with Gasteiger partial charge in [0.25, 0.3) is 11.6 Å². The van der Waals surface area contributed by atoms with Gasteiger partial charge in [0.1, 0.15) is 5.69 Å². The van der Waals surface area contributed by atoms with Crippen molar-refractivity contribution in [3.05, 3.63) is 64.2 Å². The van der Waals surface area contributed by atoms with E-state index in [1.165, 1.54) is 25.1 Å². The summed E-state index contributed by atoms with van der Waals surface area (Å²) in [6, 6.07) is 12.2. The highest BCUT2D eigenvalue weighted by molar-refractivity contribution is 7.91. The highest BCUT2D eigenvalue weighted by Gasteiger charge is 2.20. The van der Waals surface area contributed by atoms with Crippen LogP contribution in [0.3, 0.4) is 0 Å². The fourth-order valence-electron chi connectivity index (χ4n) is 2.33. The molecule has 0 saturated carbocycles. The smallest absolute Gasteiger partial charge is 0.292 e. The molecule has 26 heavy (non-hydrogen) atoms. The van der Waals surface area contributed by atoms with Crippen molar-refractivity contribution in [3.8, 4) is 0 Å². The van der Waals surface area contributed by atoms with Crippen molar-refractivity contribution in [3.63, 3.8) is 0 Å². The first kappa shape index (κ1) is 19.4. The molecule has 138 valence electrons. The Balaban J connectivity index is 2.00. The van der Waals surface area contributed by atoms with E-state index in [1.807, 2.05) is 0 Å². The van der Waals surface area contributed by atoms with Gasteiger partial charge in [-0.25, -0.2) is 8.42 Å². The van der Waals surface area contributed by atoms with E-state index >= 15 is 0 Å². The number of nitrogens with zero attached hydrogens (tertiary/aromatic N) is 1. The molecule has 0 atom stereocenters. The van der Waals surface area contributed by atoms with E-state index in [4.69, 9.17) is 0 Å². The zero-order chi connectivity index (χ0) is 19.2. The van der Waals surface area contributed by atoms with Gasteiger partial charge in [0.15, 0.2) is 9.84 Å². The number of anilines is 1. The first-order valence-electron chi connectivity index (χ1n) is 7.94. The zero-order valence-electron chi connectivity index (χ0n) is 14.1. The summed E-state index contributed by atoms with van der Waals surface area (Å²) < 4.78 is 24.2. The fraction of sp³-hybridized carbons (Fsp3) is 0.235. The van der Waals surface area contributed by atoms with Crippen molar-refractivity contribution in [2.45, 2.75) is 11.8 Å². The molecule has 0 fully saturated rings. The molecule has 1 amide bonds. The van der Waals surface area contributed by atoms with Crippen molar-refractivity contribution in [1.82, 2.24) is 5.32 Å². The van der Waals surface area contributed by atoms with Crippen LogP contribution in [0.5, 0.6) is 0 Å². The second-order valence-electron chi connectivity index (χ2n) is 5.36. The molecule has 2 N–H and O–H groups in total. The van der Waals surface area contributed by atoms with Crippen LogP contribution in [-0.4, -0.2) is 38.1 Å². The van der Waals surface area contributed by atoms with Crippen molar-refractivity contribution < 1.29 is 18.1 Å². The van der Waals surface area contributed by atoms with Gasteiger partial charge < -0.3 is 10.6 Å². The van der Waals surface area contributed by atoms with E-state index in [9.17, 15) is 23.3 Å². The molecule has 0 unspecified atom stereocenters. The number of hydrogen-bond acceptors (Lipinski definition) is 6. The Morgan fingerprint density at radius 1 is 1.08 bits per heavy atom. The third-order valence-electron chi connectivity index (χ3n) is 3.67. The first-order valence-corrected chi connectivity index (χ1v) is 9.59. The number of amides is 1. The van der Waals surface area contributed by atoms with Gasteiger partial charge in [-0.2, -0.15) is 0 Å². The Kier molecular flexibility index (Phi) is 6.29. The predicted octanol–water partition coefficient (Wildman–Crippen LogP) is 2.23. The number of nitro groups is 1. The highest BCUT2D eigenvalue weighted by atomic mass is 32.2. The molecule has 2 aromatic rings. The van der Waals surface area contributed by atoms with Crippen LogP contribution in [0.15, 0.2) is 53.4 Å². The van der Waals surface area contributed by atoms with Crippen LogP contribution >= 0.6 is 0 Å². The third-order valence-corrected chi connectivity index (χ3v) is 5.46. The van der Waals surface area contributed by atoms with Crippen molar-refractivity contribution in [2.24, 2.45) is 0 Å². The zero-order valence-corrected chi connectivity index (χ0v) is 15.0. The number of carbonyl (C=O) groups is 1. The summed E-state index contributed by atoms with van der Waals surface area (Å²) in [6.07, 6.45) is 0. The van der Waals surface area contributed by atoms with E-state index in [1.54, 1.807) is 30.3 Å². The summed E-state index contributed by atoms with van der Waals surface area (Å²) in [5, 5.41) is 16.4. The molecule has 0 heterocycles. The number of rotatable bonds is 8. The Labute approximate surface area is 151 Å². The molecular formula is C17H19N3O5S. The predicted molar refractivity (Wildman–Crippen MR) is 98.1 cm³/mol. The summed E-state index contributed by atoms with van der Waals surface area (Å²) in [5.41, 5.74) is 0.374. The maximum atomic E-state index is 12.3. The monoisotopic (exact) mass is 377 g/mol. The van der Waals surface area contributed by atoms with Gasteiger partial charge in [-0.15, -0.1) is 0 Å². The number of para-hydroxylation sites is 2. The molecule has 0 aliphatic rings. The highest BCUT2D eigenvalue weighted by Crippen LogP contribution is 2.22. The summed E-state index contributed by atoms with van der Waals surface area (Å²) in [6.45, 7) is 1.94. The molecule has 2 rings (SSSR count). The van der Waals surface area contributed by atoms with E-state index in [0.29, 0.717) is 5.69 Å². The standard InChI is InChI=1S/C17H19N3O5S/c1-2-26(24,25)16-10-6-3-7-13(16)17(21)19-12-11-18-14-8-4-5-9-15(14)20(22)23/h3-10,18H,2,11-12H2,1H3,(H,19,21).